The minimum absolute atomic E-state index is 0.00367. The third-order valence-electron chi connectivity index (χ3n) is 7.17. The summed E-state index contributed by atoms with van der Waals surface area (Å²) >= 11 is 0. The summed E-state index contributed by atoms with van der Waals surface area (Å²) in [5, 5.41) is 9.53. The van der Waals surface area contributed by atoms with Crippen LogP contribution in [-0.2, 0) is 9.53 Å². The topological polar surface area (TPSA) is 79.3 Å². The Morgan fingerprint density at radius 3 is 2.19 bits per heavy atom. The maximum atomic E-state index is 12.4. The Morgan fingerprint density at radius 1 is 1.03 bits per heavy atom. The van der Waals surface area contributed by atoms with Crippen molar-refractivity contribution in [1.82, 2.24) is 14.3 Å². The molecule has 2 fully saturated rings. The van der Waals surface area contributed by atoms with Gasteiger partial charge >= 0.3 is 12.1 Å². The van der Waals surface area contributed by atoms with Crippen molar-refractivity contribution in [3.8, 4) is 5.75 Å². The molecular formula is C29H42N3O5+. The van der Waals surface area contributed by atoms with E-state index in [1.54, 1.807) is 20.2 Å². The highest BCUT2D eigenvalue weighted by molar-refractivity contribution is 5.78. The van der Waals surface area contributed by atoms with Gasteiger partial charge in [0.05, 0.1) is 27.7 Å². The summed E-state index contributed by atoms with van der Waals surface area (Å²) in [4.78, 5) is 27.6. The normalized spacial score (nSPS) is 21.9. The molecular weight excluding hydrogens is 470 g/mol. The van der Waals surface area contributed by atoms with Gasteiger partial charge in [-0.05, 0) is 50.4 Å². The van der Waals surface area contributed by atoms with Crippen molar-refractivity contribution in [1.29, 1.82) is 0 Å². The molecule has 2 aromatic rings. The summed E-state index contributed by atoms with van der Waals surface area (Å²) in [6.07, 6.45) is 3.90. The van der Waals surface area contributed by atoms with E-state index in [0.29, 0.717) is 22.3 Å². The molecule has 2 aliphatic rings. The van der Waals surface area contributed by atoms with E-state index in [9.17, 15) is 14.7 Å². The van der Waals surface area contributed by atoms with Crippen LogP contribution in [0.2, 0.25) is 0 Å². The lowest BCUT2D eigenvalue weighted by molar-refractivity contribution is -0.155. The van der Waals surface area contributed by atoms with Gasteiger partial charge in [0, 0.05) is 32.2 Å². The molecule has 0 aliphatic carbocycles. The summed E-state index contributed by atoms with van der Waals surface area (Å²) in [5.74, 6) is -0.287. The van der Waals surface area contributed by atoms with Crippen LogP contribution in [0.1, 0.15) is 37.2 Å². The van der Waals surface area contributed by atoms with Gasteiger partial charge in [0.15, 0.2) is 0 Å². The smallest absolute Gasteiger partial charge is 0.414 e. The molecule has 2 saturated heterocycles. The van der Waals surface area contributed by atoms with Gasteiger partial charge in [-0.15, -0.1) is 0 Å². The molecule has 0 radical (unpaired) electrons. The Bertz CT molecular complexity index is 1020. The van der Waals surface area contributed by atoms with Crippen LogP contribution in [0, 0.1) is 0 Å². The van der Waals surface area contributed by atoms with E-state index in [1.165, 1.54) is 17.7 Å². The zero-order valence-corrected chi connectivity index (χ0v) is 23.0. The Kier molecular flexibility index (Phi) is 9.70. The number of ether oxygens (including phenoxy) is 2. The number of aliphatic hydroxyl groups excluding tert-OH is 1. The molecule has 8 heteroatoms. The van der Waals surface area contributed by atoms with Crippen molar-refractivity contribution in [3.63, 3.8) is 0 Å². The number of amides is 1. The first-order valence-corrected chi connectivity index (χ1v) is 12.9. The van der Waals surface area contributed by atoms with Gasteiger partial charge in [0.1, 0.15) is 23.5 Å². The lowest BCUT2D eigenvalue weighted by Crippen LogP contribution is -2.43. The van der Waals surface area contributed by atoms with Gasteiger partial charge in [-0.3, -0.25) is 9.28 Å². The number of esters is 1. The molecule has 0 aromatic heterocycles. The quantitative estimate of drug-likeness (QED) is 0.468. The molecule has 2 aromatic carbocycles. The largest absolute Gasteiger partial charge is 0.462 e. The second kappa shape index (κ2) is 12.5. The van der Waals surface area contributed by atoms with E-state index in [-0.39, 0.29) is 24.8 Å². The molecule has 1 N–H and O–H groups in total. The summed E-state index contributed by atoms with van der Waals surface area (Å²) in [5.41, 5.74) is 1.91. The monoisotopic (exact) mass is 512 g/mol. The molecule has 3 atom stereocenters. The van der Waals surface area contributed by atoms with E-state index in [4.69, 9.17) is 9.47 Å². The molecule has 0 saturated carbocycles. The van der Waals surface area contributed by atoms with E-state index in [0.717, 1.165) is 24.1 Å². The van der Waals surface area contributed by atoms with Gasteiger partial charge in [-0.2, -0.15) is 0 Å². The van der Waals surface area contributed by atoms with Crippen molar-refractivity contribution in [2.24, 2.45) is 0 Å². The average molecular weight is 513 g/mol. The number of hydrogen-bond donors (Lipinski definition) is 1. The fourth-order valence-electron chi connectivity index (χ4n) is 4.86. The van der Waals surface area contributed by atoms with Gasteiger partial charge in [-0.25, -0.2) is 4.79 Å². The highest BCUT2D eigenvalue weighted by atomic mass is 16.6. The number of fused-ring (bicyclic) bond motifs is 2. The third-order valence-corrected chi connectivity index (χ3v) is 7.17. The molecule has 2 bridgehead atoms. The van der Waals surface area contributed by atoms with Crippen LogP contribution in [0.4, 0.5) is 10.5 Å². The molecule has 3 unspecified atom stereocenters. The molecule has 1 amide bonds. The zero-order valence-electron chi connectivity index (χ0n) is 23.0. The predicted octanol–water partition coefficient (Wildman–Crippen LogP) is 3.87. The first-order chi connectivity index (χ1) is 17.5. The Labute approximate surface area is 221 Å². The Morgan fingerprint density at radius 2 is 1.65 bits per heavy atom. The van der Waals surface area contributed by atoms with Crippen LogP contribution in [0.3, 0.4) is 0 Å². The lowest BCUT2D eigenvalue weighted by atomic mass is 9.98. The van der Waals surface area contributed by atoms with Gasteiger partial charge in [0.2, 0.25) is 0 Å². The fraction of sp³-hybridized carbons (Fsp3) is 0.517. The summed E-state index contributed by atoms with van der Waals surface area (Å²) < 4.78 is 11.6. The predicted molar refractivity (Wildman–Crippen MR) is 146 cm³/mol. The van der Waals surface area contributed by atoms with Crippen LogP contribution in [0.25, 0.3) is 0 Å². The Balaban J connectivity index is 0.000000214. The first-order valence-electron chi connectivity index (χ1n) is 12.9. The number of piperidine rings is 1. The first kappa shape index (κ1) is 28.6. The van der Waals surface area contributed by atoms with Crippen molar-refractivity contribution < 1.29 is 24.2 Å². The highest BCUT2D eigenvalue weighted by Crippen LogP contribution is 2.36. The molecule has 37 heavy (non-hydrogen) atoms. The minimum atomic E-state index is -0.566. The van der Waals surface area contributed by atoms with Crippen LogP contribution >= 0.6 is 0 Å². The van der Waals surface area contributed by atoms with E-state index in [2.05, 4.69) is 33.1 Å². The zero-order chi connectivity index (χ0) is 27.2. The summed E-state index contributed by atoms with van der Waals surface area (Å²) in [7, 11) is 11.7. The van der Waals surface area contributed by atoms with Gasteiger partial charge in [-0.1, -0.05) is 36.4 Å². The number of quaternary nitrogens is 1. The van der Waals surface area contributed by atoms with Crippen LogP contribution < -0.4 is 9.22 Å². The maximum absolute atomic E-state index is 12.4. The maximum Gasteiger partial charge on any atom is 0.414 e. The van der Waals surface area contributed by atoms with Crippen LogP contribution in [0.15, 0.2) is 54.6 Å². The number of benzene rings is 2. The summed E-state index contributed by atoms with van der Waals surface area (Å²) in [6.45, 7) is -0.206. The number of rotatable bonds is 6. The minimum Gasteiger partial charge on any atom is -0.462 e. The van der Waals surface area contributed by atoms with Crippen molar-refractivity contribution in [3.05, 3.63) is 60.2 Å². The SMILES string of the molecule is CN(C)C(=O)Oc1cccc([N+](C)(C)C)c1.CN1C2CCC1CC(OC(=O)C(CO)c1ccccc1)C2. The fourth-order valence-corrected chi connectivity index (χ4v) is 4.86. The lowest BCUT2D eigenvalue weighted by Gasteiger charge is -2.36. The molecule has 2 heterocycles. The van der Waals surface area contributed by atoms with Gasteiger partial charge in [0.25, 0.3) is 0 Å². The second-order valence-electron chi connectivity index (χ2n) is 11.0. The molecule has 8 nitrogen and oxygen atoms in total. The second-order valence-corrected chi connectivity index (χ2v) is 11.0. The number of carbonyl (C=O) groups excluding carboxylic acids is 2. The number of nitrogens with zero attached hydrogens (tertiary/aromatic N) is 3. The Hall–Kier alpha value is -2.94. The molecule has 2 aliphatic heterocycles. The number of hydrogen-bond acceptors (Lipinski definition) is 6. The van der Waals surface area contributed by atoms with Crippen molar-refractivity contribution >= 4 is 17.7 Å². The summed E-state index contributed by atoms with van der Waals surface area (Å²) in [6, 6.07) is 18.0. The van der Waals surface area contributed by atoms with Crippen molar-refractivity contribution in [2.45, 2.75) is 49.8 Å². The van der Waals surface area contributed by atoms with Crippen LogP contribution in [-0.4, -0.2) is 94.0 Å². The molecule has 4 rings (SSSR count). The van der Waals surface area contributed by atoms with Gasteiger partial charge < -0.3 is 24.4 Å². The third kappa shape index (κ3) is 7.77. The van der Waals surface area contributed by atoms with E-state index in [1.807, 2.05) is 48.5 Å². The van der Waals surface area contributed by atoms with Crippen LogP contribution in [0.5, 0.6) is 5.75 Å². The standard InChI is InChI=1S/C17H23NO3.C12H19N2O2/c1-18-13-7-8-14(18)10-15(9-13)21-17(20)16(11-19)12-5-3-2-4-6-12;1-13(2)12(15)16-11-8-6-7-10(9-11)14(3,4)5/h2-6,13-16,19H,7-11H2,1H3;6-9H,1-5H3/q;+1. The van der Waals surface area contributed by atoms with E-state index < -0.39 is 5.92 Å². The average Bonchev–Trinajstić information content (AvgIpc) is 3.05. The molecule has 0 spiro atoms. The van der Waals surface area contributed by atoms with Crippen molar-refractivity contribution in [2.75, 3.05) is 48.9 Å². The number of aliphatic hydroxyl groups is 1. The van der Waals surface area contributed by atoms with E-state index >= 15 is 0 Å². The highest BCUT2D eigenvalue weighted by Gasteiger charge is 2.40. The molecule has 202 valence electrons. The number of carbonyl (C=O) groups is 2.